The summed E-state index contributed by atoms with van der Waals surface area (Å²) in [4.78, 5) is 0. The highest BCUT2D eigenvalue weighted by molar-refractivity contribution is 5.22. The maximum atomic E-state index is 14.0. The zero-order valence-electron chi connectivity index (χ0n) is 7.76. The molecule has 0 N–H and O–H groups in total. The maximum absolute atomic E-state index is 14.0. The van der Waals surface area contributed by atoms with Gasteiger partial charge in [0.25, 0.3) is 0 Å². The molecule has 1 atom stereocenters. The van der Waals surface area contributed by atoms with Gasteiger partial charge >= 0.3 is 0 Å². The summed E-state index contributed by atoms with van der Waals surface area (Å²) < 4.78 is 26.1. The summed E-state index contributed by atoms with van der Waals surface area (Å²) in [6.45, 7) is 1.13. The largest absolute Gasteiger partial charge is 0.251 e. The van der Waals surface area contributed by atoms with Gasteiger partial charge in [0.1, 0.15) is 5.67 Å². The molecule has 0 aliphatic carbocycles. The van der Waals surface area contributed by atoms with E-state index >= 15 is 0 Å². The second kappa shape index (κ2) is 4.35. The average Bonchev–Trinajstić information content (AvgIpc) is 2.19. The first-order valence-corrected chi connectivity index (χ1v) is 4.53. The van der Waals surface area contributed by atoms with E-state index in [2.05, 4.69) is 0 Å². The maximum Gasteiger partial charge on any atom is 0.138 e. The van der Waals surface area contributed by atoms with Crippen LogP contribution in [0.25, 0.3) is 0 Å². The molecule has 0 aliphatic heterocycles. The highest BCUT2D eigenvalue weighted by atomic mass is 19.1. The Morgan fingerprint density at radius 3 is 2.31 bits per heavy atom. The summed E-state index contributed by atoms with van der Waals surface area (Å²) in [6.07, 6.45) is 0.272. The molecule has 0 amide bonds. The van der Waals surface area contributed by atoms with Gasteiger partial charge in [0.2, 0.25) is 0 Å². The van der Waals surface area contributed by atoms with Gasteiger partial charge in [0.05, 0.1) is 6.67 Å². The van der Waals surface area contributed by atoms with Crippen molar-refractivity contribution in [3.8, 4) is 0 Å². The van der Waals surface area contributed by atoms with E-state index in [0.717, 1.165) is 0 Å². The quantitative estimate of drug-likeness (QED) is 0.670. The van der Waals surface area contributed by atoms with Crippen LogP contribution >= 0.6 is 0 Å². The van der Waals surface area contributed by atoms with Crippen LogP contribution in [0.2, 0.25) is 0 Å². The lowest BCUT2D eigenvalue weighted by molar-refractivity contribution is 0.131. The van der Waals surface area contributed by atoms with E-state index in [1.807, 2.05) is 6.07 Å². The fourth-order valence-corrected chi connectivity index (χ4v) is 1.41. The van der Waals surface area contributed by atoms with Crippen molar-refractivity contribution in [3.05, 3.63) is 35.9 Å². The molecule has 13 heavy (non-hydrogen) atoms. The molecule has 0 spiro atoms. The first-order chi connectivity index (χ1) is 6.23. The van der Waals surface area contributed by atoms with Crippen LogP contribution in [-0.2, 0) is 5.67 Å². The first kappa shape index (κ1) is 10.2. The van der Waals surface area contributed by atoms with Gasteiger partial charge in [-0.05, 0) is 12.0 Å². The highest BCUT2D eigenvalue weighted by Gasteiger charge is 2.28. The lowest BCUT2D eigenvalue weighted by atomic mass is 9.90. The molecule has 0 saturated carbocycles. The van der Waals surface area contributed by atoms with Crippen LogP contribution in [0.15, 0.2) is 30.3 Å². The van der Waals surface area contributed by atoms with Gasteiger partial charge < -0.3 is 0 Å². The third-order valence-corrected chi connectivity index (χ3v) is 2.34. The molecule has 0 saturated heterocycles. The highest BCUT2D eigenvalue weighted by Crippen LogP contribution is 2.33. The Labute approximate surface area is 77.6 Å². The molecule has 0 aliphatic rings. The molecule has 0 radical (unpaired) electrons. The van der Waals surface area contributed by atoms with E-state index in [4.69, 9.17) is 0 Å². The van der Waals surface area contributed by atoms with Crippen LogP contribution in [-0.4, -0.2) is 6.67 Å². The Kier molecular flexibility index (Phi) is 3.40. The molecule has 0 fully saturated rings. The summed E-state index contributed by atoms with van der Waals surface area (Å²) in [6, 6.07) is 8.79. The number of halogens is 2. The van der Waals surface area contributed by atoms with E-state index in [1.165, 1.54) is 0 Å². The van der Waals surface area contributed by atoms with E-state index in [9.17, 15) is 8.78 Å². The molecule has 1 aromatic rings. The van der Waals surface area contributed by atoms with E-state index < -0.39 is 12.3 Å². The Morgan fingerprint density at radius 1 is 1.23 bits per heavy atom. The van der Waals surface area contributed by atoms with Crippen molar-refractivity contribution in [3.63, 3.8) is 0 Å². The fourth-order valence-electron chi connectivity index (χ4n) is 1.41. The number of alkyl halides is 2. The van der Waals surface area contributed by atoms with Crippen molar-refractivity contribution < 1.29 is 8.78 Å². The zero-order chi connectivity index (χ0) is 9.73. The molecular weight excluding hydrogens is 170 g/mol. The number of hydrogen-bond donors (Lipinski definition) is 0. The normalized spacial score (nSPS) is 15.3. The number of rotatable bonds is 4. The van der Waals surface area contributed by atoms with Gasteiger partial charge in [-0.15, -0.1) is 0 Å². The molecule has 1 aromatic carbocycles. The second-order valence-corrected chi connectivity index (χ2v) is 3.12. The van der Waals surface area contributed by atoms with Crippen LogP contribution in [0, 0.1) is 0 Å². The Morgan fingerprint density at radius 2 is 1.85 bits per heavy atom. The summed E-state index contributed by atoms with van der Waals surface area (Å²) in [5.41, 5.74) is -0.911. The SMILES string of the molecule is CCC(F)(CCF)c1ccccc1. The predicted molar refractivity (Wildman–Crippen MR) is 50.1 cm³/mol. The van der Waals surface area contributed by atoms with E-state index in [1.54, 1.807) is 31.2 Å². The summed E-state index contributed by atoms with van der Waals surface area (Å²) >= 11 is 0. The smallest absolute Gasteiger partial charge is 0.138 e. The van der Waals surface area contributed by atoms with Gasteiger partial charge in [-0.3, -0.25) is 4.39 Å². The van der Waals surface area contributed by atoms with Crippen molar-refractivity contribution in [1.29, 1.82) is 0 Å². The van der Waals surface area contributed by atoms with Gasteiger partial charge in [0.15, 0.2) is 0 Å². The summed E-state index contributed by atoms with van der Waals surface area (Å²) in [7, 11) is 0. The predicted octanol–water partition coefficient (Wildman–Crippen LogP) is 3.62. The Bertz CT molecular complexity index is 246. The molecular formula is C11H14F2. The van der Waals surface area contributed by atoms with Crippen LogP contribution in [0.5, 0.6) is 0 Å². The fraction of sp³-hybridized carbons (Fsp3) is 0.455. The Hall–Kier alpha value is -0.920. The monoisotopic (exact) mass is 184 g/mol. The minimum atomic E-state index is -1.49. The van der Waals surface area contributed by atoms with Crippen LogP contribution in [0.1, 0.15) is 25.3 Å². The minimum absolute atomic E-state index is 0.0481. The molecule has 1 unspecified atom stereocenters. The molecule has 0 aromatic heterocycles. The molecule has 0 nitrogen and oxygen atoms in total. The zero-order valence-corrected chi connectivity index (χ0v) is 7.76. The van der Waals surface area contributed by atoms with Gasteiger partial charge in [-0.2, -0.15) is 0 Å². The molecule has 0 heterocycles. The second-order valence-electron chi connectivity index (χ2n) is 3.12. The molecule has 0 bridgehead atoms. The third kappa shape index (κ3) is 2.27. The summed E-state index contributed by atoms with van der Waals surface area (Å²) in [5, 5.41) is 0. The number of benzene rings is 1. The lowest BCUT2D eigenvalue weighted by Gasteiger charge is -2.22. The van der Waals surface area contributed by atoms with Gasteiger partial charge in [-0.25, -0.2) is 4.39 Å². The first-order valence-electron chi connectivity index (χ1n) is 4.53. The minimum Gasteiger partial charge on any atom is -0.251 e. The van der Waals surface area contributed by atoms with Crippen LogP contribution in [0.3, 0.4) is 0 Å². The van der Waals surface area contributed by atoms with Crippen molar-refractivity contribution in [2.24, 2.45) is 0 Å². The average molecular weight is 184 g/mol. The van der Waals surface area contributed by atoms with Crippen molar-refractivity contribution >= 4 is 0 Å². The molecule has 1 rings (SSSR count). The lowest BCUT2D eigenvalue weighted by Crippen LogP contribution is -2.19. The standard InChI is InChI=1S/C11H14F2/c1-2-11(13,8-9-12)10-6-4-3-5-7-10/h3-7H,2,8-9H2,1H3. The van der Waals surface area contributed by atoms with E-state index in [0.29, 0.717) is 12.0 Å². The van der Waals surface area contributed by atoms with Gasteiger partial charge in [-0.1, -0.05) is 37.3 Å². The number of hydrogen-bond acceptors (Lipinski definition) is 0. The van der Waals surface area contributed by atoms with Crippen LogP contribution < -0.4 is 0 Å². The van der Waals surface area contributed by atoms with Crippen LogP contribution in [0.4, 0.5) is 8.78 Å². The Balaban J connectivity index is 2.89. The third-order valence-electron chi connectivity index (χ3n) is 2.34. The molecule has 2 heteroatoms. The topological polar surface area (TPSA) is 0 Å². The van der Waals surface area contributed by atoms with E-state index in [-0.39, 0.29) is 6.42 Å². The summed E-state index contributed by atoms with van der Waals surface area (Å²) in [5.74, 6) is 0. The van der Waals surface area contributed by atoms with Crippen molar-refractivity contribution in [1.82, 2.24) is 0 Å². The molecule has 72 valence electrons. The van der Waals surface area contributed by atoms with Crippen molar-refractivity contribution in [2.45, 2.75) is 25.4 Å². The van der Waals surface area contributed by atoms with Crippen molar-refractivity contribution in [2.75, 3.05) is 6.67 Å². The van der Waals surface area contributed by atoms with Gasteiger partial charge in [0, 0.05) is 6.42 Å².